The molecule has 166 valence electrons. The molecule has 0 bridgehead atoms. The van der Waals surface area contributed by atoms with Crippen molar-refractivity contribution in [2.24, 2.45) is 0 Å². The van der Waals surface area contributed by atoms with E-state index in [0.29, 0.717) is 0 Å². The number of rotatable bonds is 2. The third-order valence-electron chi connectivity index (χ3n) is 7.79. The maximum Gasteiger partial charge on any atom is 0.136 e. The van der Waals surface area contributed by atoms with Gasteiger partial charge >= 0.3 is 0 Å². The number of fused-ring (bicyclic) bond motifs is 1. The third kappa shape index (κ3) is 2.22. The van der Waals surface area contributed by atoms with Crippen molar-refractivity contribution in [2.45, 2.75) is 0 Å². The van der Waals surface area contributed by atoms with E-state index in [1.165, 1.54) is 65.7 Å². The Bertz CT molecular complexity index is 2190. The first-order valence-corrected chi connectivity index (χ1v) is 12.3. The van der Waals surface area contributed by atoms with Gasteiger partial charge in [-0.2, -0.15) is 0 Å². The maximum atomic E-state index is 6.45. The van der Waals surface area contributed by atoms with Gasteiger partial charge in [0.15, 0.2) is 0 Å². The van der Waals surface area contributed by atoms with Crippen molar-refractivity contribution >= 4 is 54.6 Å². The highest BCUT2D eigenvalue weighted by Gasteiger charge is 2.27. The molecule has 2 nitrogen and oxygen atoms in total. The molecule has 1 aliphatic rings. The monoisotopic (exact) mass is 458 g/mol. The first-order chi connectivity index (χ1) is 17.8. The molecule has 0 saturated carbocycles. The van der Waals surface area contributed by atoms with Crippen LogP contribution in [0.1, 0.15) is 0 Å². The van der Waals surface area contributed by atoms with Crippen molar-refractivity contribution in [3.05, 3.63) is 109 Å². The molecule has 36 heavy (non-hydrogen) atoms. The van der Waals surface area contributed by atoms with Gasteiger partial charge in [-0.05, 0) is 63.5 Å². The van der Waals surface area contributed by atoms with Crippen LogP contribution >= 0.6 is 0 Å². The van der Waals surface area contributed by atoms with Gasteiger partial charge < -0.3 is 8.83 Å². The lowest BCUT2D eigenvalue weighted by molar-refractivity contribution is 0.669. The minimum Gasteiger partial charge on any atom is -0.456 e. The van der Waals surface area contributed by atoms with E-state index in [-0.39, 0.29) is 0 Å². The summed E-state index contributed by atoms with van der Waals surface area (Å²) in [5.41, 5.74) is 10.9. The van der Waals surface area contributed by atoms with Crippen LogP contribution in [0, 0.1) is 0 Å². The molecule has 0 spiro atoms. The van der Waals surface area contributed by atoms with Gasteiger partial charge in [0.1, 0.15) is 22.3 Å². The van der Waals surface area contributed by atoms with E-state index in [2.05, 4.69) is 109 Å². The molecule has 0 atom stereocenters. The number of hydrogen-bond donors (Lipinski definition) is 0. The molecule has 0 N–H and O–H groups in total. The molecule has 0 unspecified atom stereocenters. The van der Waals surface area contributed by atoms with Crippen molar-refractivity contribution in [1.82, 2.24) is 0 Å². The minimum absolute atomic E-state index is 0.920. The predicted molar refractivity (Wildman–Crippen MR) is 148 cm³/mol. The Balaban J connectivity index is 1.50. The zero-order valence-electron chi connectivity index (χ0n) is 19.2. The smallest absolute Gasteiger partial charge is 0.136 e. The highest BCUT2D eigenvalue weighted by molar-refractivity contribution is 6.37. The van der Waals surface area contributed by atoms with E-state index in [4.69, 9.17) is 8.83 Å². The Morgan fingerprint density at radius 2 is 1.00 bits per heavy atom. The van der Waals surface area contributed by atoms with E-state index in [1.807, 2.05) is 0 Å². The summed E-state index contributed by atoms with van der Waals surface area (Å²) in [6.45, 7) is 0. The lowest BCUT2D eigenvalue weighted by Crippen LogP contribution is -1.88. The molecule has 0 aliphatic heterocycles. The largest absolute Gasteiger partial charge is 0.456 e. The first kappa shape index (κ1) is 18.5. The summed E-state index contributed by atoms with van der Waals surface area (Å²) in [6, 6.07) is 38.7. The second kappa shape index (κ2) is 6.44. The van der Waals surface area contributed by atoms with Crippen molar-refractivity contribution in [3.8, 4) is 33.4 Å². The van der Waals surface area contributed by atoms with Gasteiger partial charge in [0, 0.05) is 32.5 Å². The molecule has 9 rings (SSSR count). The van der Waals surface area contributed by atoms with Crippen molar-refractivity contribution < 1.29 is 8.83 Å². The van der Waals surface area contributed by atoms with E-state index in [1.54, 1.807) is 0 Å². The lowest BCUT2D eigenvalue weighted by atomic mass is 9.89. The molecule has 2 heterocycles. The minimum atomic E-state index is 0.920. The van der Waals surface area contributed by atoms with Crippen LogP contribution in [0.3, 0.4) is 0 Å². The molecular weight excluding hydrogens is 440 g/mol. The molecule has 2 heteroatoms. The average molecular weight is 459 g/mol. The normalized spacial score (nSPS) is 12.4. The third-order valence-corrected chi connectivity index (χ3v) is 7.79. The summed E-state index contributed by atoms with van der Waals surface area (Å²) in [5, 5.41) is 7.18. The van der Waals surface area contributed by atoms with E-state index < -0.39 is 0 Å². The van der Waals surface area contributed by atoms with Crippen molar-refractivity contribution in [2.75, 3.05) is 0 Å². The molecule has 0 radical (unpaired) electrons. The van der Waals surface area contributed by atoms with Crippen molar-refractivity contribution in [1.29, 1.82) is 0 Å². The van der Waals surface area contributed by atoms with Gasteiger partial charge in [0.2, 0.25) is 0 Å². The van der Waals surface area contributed by atoms with Crippen LogP contribution in [0.4, 0.5) is 0 Å². The number of hydrogen-bond acceptors (Lipinski definition) is 2. The fraction of sp³-hybridized carbons (Fsp3) is 0. The van der Waals surface area contributed by atoms with Crippen LogP contribution in [0.2, 0.25) is 0 Å². The first-order valence-electron chi connectivity index (χ1n) is 12.3. The van der Waals surface area contributed by atoms with Crippen LogP contribution in [0.25, 0.3) is 88.0 Å². The predicted octanol–water partition coefficient (Wildman–Crippen LogP) is 9.95. The van der Waals surface area contributed by atoms with E-state index >= 15 is 0 Å². The second-order valence-corrected chi connectivity index (χ2v) is 9.67. The number of furan rings is 2. The fourth-order valence-corrected chi connectivity index (χ4v) is 6.30. The lowest BCUT2D eigenvalue weighted by Gasteiger charge is -2.13. The summed E-state index contributed by atoms with van der Waals surface area (Å²) >= 11 is 0. The summed E-state index contributed by atoms with van der Waals surface area (Å²) in [7, 11) is 0. The Hall–Kier alpha value is -4.82. The van der Waals surface area contributed by atoms with Gasteiger partial charge in [0.25, 0.3) is 0 Å². The SMILES string of the molecule is c1ccc(-c2cccc(-c3ccc4oc5ccc6ccc7oc8cccc9c8c7c6c5c4c3-9)c2)cc1. The Morgan fingerprint density at radius 1 is 0.361 bits per heavy atom. The van der Waals surface area contributed by atoms with Gasteiger partial charge in [-0.15, -0.1) is 0 Å². The maximum absolute atomic E-state index is 6.45. The van der Waals surface area contributed by atoms with E-state index in [9.17, 15) is 0 Å². The van der Waals surface area contributed by atoms with Crippen LogP contribution in [0.5, 0.6) is 0 Å². The van der Waals surface area contributed by atoms with Gasteiger partial charge in [-0.3, -0.25) is 0 Å². The van der Waals surface area contributed by atoms with Crippen molar-refractivity contribution in [3.63, 3.8) is 0 Å². The van der Waals surface area contributed by atoms with Crippen LogP contribution in [-0.4, -0.2) is 0 Å². The summed E-state index contributed by atoms with van der Waals surface area (Å²) < 4.78 is 12.8. The highest BCUT2D eigenvalue weighted by Crippen LogP contribution is 2.52. The molecule has 1 aliphatic carbocycles. The summed E-state index contributed by atoms with van der Waals surface area (Å²) in [5.74, 6) is 0. The van der Waals surface area contributed by atoms with Crippen LogP contribution < -0.4 is 0 Å². The average Bonchev–Trinajstić information content (AvgIpc) is 3.47. The van der Waals surface area contributed by atoms with Gasteiger partial charge in [-0.25, -0.2) is 0 Å². The second-order valence-electron chi connectivity index (χ2n) is 9.67. The molecule has 0 amide bonds. The zero-order valence-corrected chi connectivity index (χ0v) is 19.2. The van der Waals surface area contributed by atoms with Gasteiger partial charge in [0.05, 0.1) is 0 Å². The number of benzene rings is 6. The highest BCUT2D eigenvalue weighted by atomic mass is 16.3. The van der Waals surface area contributed by atoms with Gasteiger partial charge in [-0.1, -0.05) is 78.9 Å². The quantitative estimate of drug-likeness (QED) is 0.258. The Morgan fingerprint density at radius 3 is 1.83 bits per heavy atom. The Labute approximate surface area is 206 Å². The molecule has 0 fully saturated rings. The molecular formula is C34H18O2. The molecule has 2 aromatic heterocycles. The van der Waals surface area contributed by atoms with E-state index in [0.717, 1.165) is 22.3 Å². The summed E-state index contributed by atoms with van der Waals surface area (Å²) in [4.78, 5) is 0. The zero-order chi connectivity index (χ0) is 23.4. The standard InChI is InChI=1S/C34H18O2/c1-2-6-19(7-3-1)21-8-4-9-22(18-21)23-14-17-28-34-30(23)24-10-5-11-25-31(24)32-26(35-25)15-12-20-13-16-27(36-28)33(34)29(20)32/h1-18H. The fourth-order valence-electron chi connectivity index (χ4n) is 6.30. The van der Waals surface area contributed by atoms with Crippen LogP contribution in [0.15, 0.2) is 118 Å². The molecule has 0 saturated heterocycles. The van der Waals surface area contributed by atoms with Crippen LogP contribution in [-0.2, 0) is 0 Å². The summed E-state index contributed by atoms with van der Waals surface area (Å²) in [6.07, 6.45) is 0. The molecule has 8 aromatic rings. The Kier molecular flexibility index (Phi) is 3.31. The topological polar surface area (TPSA) is 26.3 Å². The molecule has 6 aromatic carbocycles.